The van der Waals surface area contributed by atoms with Crippen LogP contribution in [0.5, 0.6) is 0 Å². The van der Waals surface area contributed by atoms with Crippen molar-refractivity contribution in [2.24, 2.45) is 0 Å². The third kappa shape index (κ3) is 5.15. The molecule has 3 rings (SSSR count). The first-order valence-electron chi connectivity index (χ1n) is 9.38. The molecular weight excluding hydrogens is 362 g/mol. The van der Waals surface area contributed by atoms with Gasteiger partial charge in [0, 0.05) is 31.9 Å². The van der Waals surface area contributed by atoms with E-state index in [4.69, 9.17) is 17.3 Å². The highest BCUT2D eigenvalue weighted by atomic mass is 35.5. The summed E-state index contributed by atoms with van der Waals surface area (Å²) in [6, 6.07) is 13.1. The second-order valence-electron chi connectivity index (χ2n) is 6.95. The van der Waals surface area contributed by atoms with Gasteiger partial charge in [0.25, 0.3) is 0 Å². The van der Waals surface area contributed by atoms with E-state index < -0.39 is 5.97 Å². The maximum atomic E-state index is 11.3. The number of halogens is 1. The highest BCUT2D eigenvalue weighted by molar-refractivity contribution is 6.33. The van der Waals surface area contributed by atoms with Gasteiger partial charge in [0.1, 0.15) is 0 Å². The minimum absolute atomic E-state index is 0.424. The summed E-state index contributed by atoms with van der Waals surface area (Å²) in [6.45, 7) is 5.04. The van der Waals surface area contributed by atoms with Crippen molar-refractivity contribution in [2.75, 3.05) is 43.4 Å². The lowest BCUT2D eigenvalue weighted by molar-refractivity contribution is 0.0695. The standard InChI is InChI=1S/C21H26ClN3O2/c22-19-9-8-17(15-20(19)23)25-13-11-24(12-14-25)10-4-3-6-16-5-1-2-7-18(16)21(26)27/h1-2,5,7-9,15H,3-4,6,10-14,23H2,(H,26,27). The smallest absolute Gasteiger partial charge is 0.335 e. The van der Waals surface area contributed by atoms with E-state index in [1.54, 1.807) is 12.1 Å². The monoisotopic (exact) mass is 387 g/mol. The van der Waals surface area contributed by atoms with Gasteiger partial charge in [-0.2, -0.15) is 0 Å². The van der Waals surface area contributed by atoms with Crippen LogP contribution >= 0.6 is 11.6 Å². The molecule has 2 aromatic rings. The van der Waals surface area contributed by atoms with E-state index in [0.29, 0.717) is 16.3 Å². The lowest BCUT2D eigenvalue weighted by atomic mass is 10.0. The molecule has 27 heavy (non-hydrogen) atoms. The Hall–Kier alpha value is -2.24. The number of piperazine rings is 1. The molecule has 1 aliphatic heterocycles. The Morgan fingerprint density at radius 3 is 2.52 bits per heavy atom. The van der Waals surface area contributed by atoms with Gasteiger partial charge in [-0.05, 0) is 55.6 Å². The van der Waals surface area contributed by atoms with Crippen molar-refractivity contribution in [1.29, 1.82) is 0 Å². The highest BCUT2D eigenvalue weighted by Crippen LogP contribution is 2.25. The topological polar surface area (TPSA) is 69.8 Å². The fourth-order valence-electron chi connectivity index (χ4n) is 3.56. The van der Waals surface area contributed by atoms with E-state index in [-0.39, 0.29) is 0 Å². The zero-order chi connectivity index (χ0) is 19.2. The minimum atomic E-state index is -0.843. The summed E-state index contributed by atoms with van der Waals surface area (Å²) in [5.74, 6) is -0.843. The number of rotatable bonds is 7. The summed E-state index contributed by atoms with van der Waals surface area (Å²) in [5, 5.41) is 9.85. The molecule has 144 valence electrons. The number of hydrogen-bond donors (Lipinski definition) is 2. The molecular formula is C21H26ClN3O2. The van der Waals surface area contributed by atoms with Gasteiger partial charge in [0.15, 0.2) is 0 Å². The van der Waals surface area contributed by atoms with Crippen LogP contribution in [0, 0.1) is 0 Å². The third-order valence-electron chi connectivity index (χ3n) is 5.14. The summed E-state index contributed by atoms with van der Waals surface area (Å²) in [5.41, 5.74) is 9.01. The Labute approximate surface area is 165 Å². The van der Waals surface area contributed by atoms with Crippen LogP contribution in [-0.2, 0) is 6.42 Å². The molecule has 6 heteroatoms. The second-order valence-corrected chi connectivity index (χ2v) is 7.36. The normalized spacial score (nSPS) is 15.1. The van der Waals surface area contributed by atoms with Crippen LogP contribution in [0.4, 0.5) is 11.4 Å². The number of nitrogens with zero attached hydrogens (tertiary/aromatic N) is 2. The lowest BCUT2D eigenvalue weighted by Crippen LogP contribution is -2.46. The van der Waals surface area contributed by atoms with Gasteiger partial charge in [-0.3, -0.25) is 4.90 Å². The number of benzene rings is 2. The Morgan fingerprint density at radius 2 is 1.81 bits per heavy atom. The van der Waals surface area contributed by atoms with Crippen LogP contribution in [0.2, 0.25) is 5.02 Å². The molecule has 0 radical (unpaired) electrons. The number of unbranched alkanes of at least 4 members (excludes halogenated alkanes) is 1. The number of anilines is 2. The van der Waals surface area contributed by atoms with Crippen molar-refractivity contribution in [3.8, 4) is 0 Å². The fourth-order valence-corrected chi connectivity index (χ4v) is 3.67. The Bertz CT molecular complexity index is 789. The molecule has 0 aliphatic carbocycles. The van der Waals surface area contributed by atoms with Crippen LogP contribution in [0.3, 0.4) is 0 Å². The van der Waals surface area contributed by atoms with Crippen LogP contribution in [0.25, 0.3) is 0 Å². The predicted molar refractivity (Wildman–Crippen MR) is 111 cm³/mol. The number of nitrogens with two attached hydrogens (primary N) is 1. The first-order valence-corrected chi connectivity index (χ1v) is 9.76. The molecule has 0 unspecified atom stereocenters. The Kier molecular flexibility index (Phi) is 6.58. The number of carbonyl (C=O) groups is 1. The van der Waals surface area contributed by atoms with Crippen molar-refractivity contribution in [2.45, 2.75) is 19.3 Å². The fraction of sp³-hybridized carbons (Fsp3) is 0.381. The summed E-state index contributed by atoms with van der Waals surface area (Å²) in [4.78, 5) is 16.1. The molecule has 0 spiro atoms. The van der Waals surface area contributed by atoms with E-state index in [9.17, 15) is 9.90 Å². The molecule has 1 fully saturated rings. The van der Waals surface area contributed by atoms with E-state index in [2.05, 4.69) is 9.80 Å². The molecule has 1 aliphatic rings. The van der Waals surface area contributed by atoms with Crippen molar-refractivity contribution < 1.29 is 9.90 Å². The molecule has 0 saturated carbocycles. The second kappa shape index (κ2) is 9.11. The van der Waals surface area contributed by atoms with Crippen LogP contribution in [0.1, 0.15) is 28.8 Å². The predicted octanol–water partition coefficient (Wildman–Crippen LogP) is 3.77. The number of carboxylic acid groups (broad SMARTS) is 1. The number of aryl methyl sites for hydroxylation is 1. The summed E-state index contributed by atoms with van der Waals surface area (Å²) >= 11 is 6.00. The number of aromatic carboxylic acids is 1. The molecule has 0 bridgehead atoms. The van der Waals surface area contributed by atoms with Crippen molar-refractivity contribution in [3.63, 3.8) is 0 Å². The molecule has 0 amide bonds. The molecule has 0 aromatic heterocycles. The SMILES string of the molecule is Nc1cc(N2CCN(CCCCc3ccccc3C(=O)O)CC2)ccc1Cl. The minimum Gasteiger partial charge on any atom is -0.478 e. The van der Waals surface area contributed by atoms with Crippen LogP contribution in [-0.4, -0.2) is 48.7 Å². The van der Waals surface area contributed by atoms with E-state index >= 15 is 0 Å². The van der Waals surface area contributed by atoms with Gasteiger partial charge in [-0.1, -0.05) is 29.8 Å². The number of hydrogen-bond acceptors (Lipinski definition) is 4. The summed E-state index contributed by atoms with van der Waals surface area (Å²) in [6.07, 6.45) is 2.88. The van der Waals surface area contributed by atoms with Crippen molar-refractivity contribution >= 4 is 28.9 Å². The van der Waals surface area contributed by atoms with Gasteiger partial charge >= 0.3 is 5.97 Å². The van der Waals surface area contributed by atoms with Crippen molar-refractivity contribution in [3.05, 3.63) is 58.6 Å². The van der Waals surface area contributed by atoms with E-state index in [0.717, 1.165) is 63.2 Å². The first kappa shape index (κ1) is 19.5. The van der Waals surface area contributed by atoms with Gasteiger partial charge in [-0.25, -0.2) is 4.79 Å². The largest absolute Gasteiger partial charge is 0.478 e. The van der Waals surface area contributed by atoms with E-state index in [1.165, 1.54) is 0 Å². The molecule has 3 N–H and O–H groups in total. The zero-order valence-corrected chi connectivity index (χ0v) is 16.2. The maximum Gasteiger partial charge on any atom is 0.335 e. The van der Waals surface area contributed by atoms with Crippen LogP contribution in [0.15, 0.2) is 42.5 Å². The zero-order valence-electron chi connectivity index (χ0n) is 15.4. The highest BCUT2D eigenvalue weighted by Gasteiger charge is 2.17. The van der Waals surface area contributed by atoms with Gasteiger partial charge < -0.3 is 15.7 Å². The maximum absolute atomic E-state index is 11.3. The molecule has 2 aromatic carbocycles. The van der Waals surface area contributed by atoms with Crippen LogP contribution < -0.4 is 10.6 Å². The Morgan fingerprint density at radius 1 is 1.07 bits per heavy atom. The Balaban J connectivity index is 1.41. The summed E-state index contributed by atoms with van der Waals surface area (Å²) < 4.78 is 0. The molecule has 0 atom stereocenters. The number of nitrogen functional groups attached to an aromatic ring is 1. The average molecular weight is 388 g/mol. The first-order chi connectivity index (χ1) is 13.0. The van der Waals surface area contributed by atoms with Gasteiger partial charge in [0.2, 0.25) is 0 Å². The number of carboxylic acids is 1. The molecule has 5 nitrogen and oxygen atoms in total. The summed E-state index contributed by atoms with van der Waals surface area (Å²) in [7, 11) is 0. The molecule has 1 heterocycles. The average Bonchev–Trinajstić information content (AvgIpc) is 2.68. The third-order valence-corrected chi connectivity index (χ3v) is 5.48. The van der Waals surface area contributed by atoms with E-state index in [1.807, 2.05) is 30.3 Å². The van der Waals surface area contributed by atoms with Crippen molar-refractivity contribution in [1.82, 2.24) is 4.90 Å². The lowest BCUT2D eigenvalue weighted by Gasteiger charge is -2.36. The molecule has 1 saturated heterocycles. The van der Waals surface area contributed by atoms with Gasteiger partial charge in [-0.15, -0.1) is 0 Å². The quantitative estimate of drug-likeness (QED) is 0.559. The van der Waals surface area contributed by atoms with Gasteiger partial charge in [0.05, 0.1) is 16.3 Å².